The maximum absolute atomic E-state index is 12.9. The zero-order valence-corrected chi connectivity index (χ0v) is 19.5. The van der Waals surface area contributed by atoms with E-state index < -0.39 is 15.9 Å². The number of aryl methyl sites for hydroxylation is 1. The maximum atomic E-state index is 12.9. The van der Waals surface area contributed by atoms with Crippen molar-refractivity contribution < 1.29 is 22.5 Å². The Kier molecular flexibility index (Phi) is 5.01. The van der Waals surface area contributed by atoms with Crippen LogP contribution in [0.4, 0.5) is 5.69 Å². The molecule has 0 radical (unpaired) electrons. The number of carbonyl (C=O) groups is 1. The van der Waals surface area contributed by atoms with E-state index in [4.69, 9.17) is 4.74 Å². The van der Waals surface area contributed by atoms with E-state index in [9.17, 15) is 13.2 Å². The Morgan fingerprint density at radius 3 is 2.64 bits per heavy atom. The third-order valence-electron chi connectivity index (χ3n) is 7.82. The summed E-state index contributed by atoms with van der Waals surface area (Å²) in [6, 6.07) is 15.2. The molecule has 5 aliphatic heterocycles. The number of nitrogens with zero attached hydrogens (tertiary/aromatic N) is 3. The van der Waals surface area contributed by atoms with Crippen molar-refractivity contribution >= 4 is 21.6 Å². The number of amides is 1. The molecule has 8 heteroatoms. The molecule has 2 aromatic rings. The van der Waals surface area contributed by atoms with Crippen LogP contribution in [0.3, 0.4) is 0 Å². The number of piperidine rings is 1. The van der Waals surface area contributed by atoms with Gasteiger partial charge >= 0.3 is 0 Å². The number of unbranched alkanes of at least 4 members (excludes halogenated alkanes) is 1. The van der Waals surface area contributed by atoms with Gasteiger partial charge in [-0.25, -0.2) is 17.7 Å². The predicted octanol–water partition coefficient (Wildman–Crippen LogP) is 3.31. The number of quaternary nitrogens is 1. The highest BCUT2D eigenvalue weighted by Crippen LogP contribution is 2.44. The lowest BCUT2D eigenvalue weighted by atomic mass is 9.96. The van der Waals surface area contributed by atoms with Crippen molar-refractivity contribution in [3.05, 3.63) is 59.7 Å². The second-order valence-corrected chi connectivity index (χ2v) is 11.4. The van der Waals surface area contributed by atoms with E-state index >= 15 is 0 Å². The van der Waals surface area contributed by atoms with Crippen molar-refractivity contribution in [1.29, 1.82) is 0 Å². The fourth-order valence-electron chi connectivity index (χ4n) is 6.12. The van der Waals surface area contributed by atoms with Gasteiger partial charge < -0.3 is 4.74 Å². The molecule has 5 heterocycles. The highest BCUT2D eigenvalue weighted by molar-refractivity contribution is 7.90. The quantitative estimate of drug-likeness (QED) is 0.481. The van der Waals surface area contributed by atoms with Crippen LogP contribution in [0.5, 0.6) is 0 Å². The van der Waals surface area contributed by atoms with Gasteiger partial charge in [-0.3, -0.25) is 4.79 Å². The van der Waals surface area contributed by atoms with Crippen molar-refractivity contribution in [3.63, 3.8) is 0 Å². The summed E-state index contributed by atoms with van der Waals surface area (Å²) in [6.07, 6.45) is 6.44. The molecule has 1 amide bonds. The minimum absolute atomic E-state index is 0.133. The summed E-state index contributed by atoms with van der Waals surface area (Å²) in [6.45, 7) is 3.17. The molecule has 33 heavy (non-hydrogen) atoms. The molecule has 0 N–H and O–H groups in total. The van der Waals surface area contributed by atoms with Gasteiger partial charge in [0.15, 0.2) is 0 Å². The topological polar surface area (TPSA) is 66.9 Å². The summed E-state index contributed by atoms with van der Waals surface area (Å²) in [4.78, 5) is 12.9. The van der Waals surface area contributed by atoms with Gasteiger partial charge in [0, 0.05) is 19.4 Å². The molecule has 0 spiro atoms. The highest BCUT2D eigenvalue weighted by Gasteiger charge is 2.56. The Morgan fingerprint density at radius 1 is 1.06 bits per heavy atom. The van der Waals surface area contributed by atoms with E-state index in [-0.39, 0.29) is 23.2 Å². The van der Waals surface area contributed by atoms with Gasteiger partial charge in [-0.15, -0.1) is 0 Å². The van der Waals surface area contributed by atoms with Crippen molar-refractivity contribution in [2.75, 3.05) is 31.2 Å². The molecule has 5 aliphatic rings. The molecule has 2 bridgehead atoms. The molecule has 3 atom stereocenters. The zero-order chi connectivity index (χ0) is 22.6. The number of benzene rings is 2. The lowest BCUT2D eigenvalue weighted by Crippen LogP contribution is -2.75. The van der Waals surface area contributed by atoms with Crippen LogP contribution >= 0.6 is 0 Å². The first-order chi connectivity index (χ1) is 16.0. The number of hydrogen-bond acceptors (Lipinski definition) is 5. The van der Waals surface area contributed by atoms with Gasteiger partial charge in [0.1, 0.15) is 18.0 Å². The van der Waals surface area contributed by atoms with Crippen LogP contribution in [0.15, 0.2) is 53.4 Å². The Labute approximate surface area is 195 Å². The summed E-state index contributed by atoms with van der Waals surface area (Å²) in [7, 11) is -3.74. The molecule has 3 unspecified atom stereocenters. The van der Waals surface area contributed by atoms with Gasteiger partial charge in [0.25, 0.3) is 15.9 Å². The second kappa shape index (κ2) is 7.82. The van der Waals surface area contributed by atoms with E-state index in [1.807, 2.05) is 0 Å². The number of ether oxygens (including phenoxy) is 1. The molecule has 3 saturated heterocycles. The second-order valence-electron chi connectivity index (χ2n) is 9.61. The van der Waals surface area contributed by atoms with Crippen LogP contribution in [0.1, 0.15) is 48.0 Å². The number of hydrogen-bond donors (Lipinski definition) is 0. The lowest BCUT2D eigenvalue weighted by molar-refractivity contribution is -1.00. The summed E-state index contributed by atoms with van der Waals surface area (Å²) in [5.74, 6) is -0.400. The first-order valence-corrected chi connectivity index (χ1v) is 13.5. The number of para-hydroxylation sites is 1. The van der Waals surface area contributed by atoms with Crippen molar-refractivity contribution in [2.45, 2.75) is 55.8 Å². The van der Waals surface area contributed by atoms with E-state index in [0.717, 1.165) is 60.6 Å². The molecular formula is C25H30N3O4S+. The number of fused-ring (bicyclic) bond motifs is 4. The van der Waals surface area contributed by atoms with Crippen LogP contribution < -0.4 is 5.01 Å². The number of anilines is 1. The fourth-order valence-corrected chi connectivity index (χ4v) is 7.72. The van der Waals surface area contributed by atoms with E-state index in [1.165, 1.54) is 17.3 Å². The zero-order valence-electron chi connectivity index (χ0n) is 18.7. The average molecular weight is 469 g/mol. The van der Waals surface area contributed by atoms with Gasteiger partial charge in [-0.1, -0.05) is 30.3 Å². The summed E-state index contributed by atoms with van der Waals surface area (Å²) in [5.41, 5.74) is 3.00. The molecule has 0 aliphatic carbocycles. The minimum atomic E-state index is -3.74. The standard InChI is InChI=1S/C25H30N3O4S/c29-25-21-10-2-4-12-23(21)33(30,31)27(25)15-5-6-16-28(17-13-20-18-24(28)32-20)26-14-7-9-19-8-1-3-11-22(19)26/h1-4,8,10-12,20,24H,5-7,9,13-18H2/q+1. The van der Waals surface area contributed by atoms with Gasteiger partial charge in [0.05, 0.1) is 30.3 Å². The highest BCUT2D eigenvalue weighted by atomic mass is 32.2. The van der Waals surface area contributed by atoms with E-state index in [1.54, 1.807) is 18.2 Å². The third kappa shape index (κ3) is 3.22. The largest absolute Gasteiger partial charge is 0.323 e. The van der Waals surface area contributed by atoms with E-state index in [2.05, 4.69) is 29.3 Å². The molecule has 174 valence electrons. The third-order valence-corrected chi connectivity index (χ3v) is 9.66. The number of rotatable bonds is 6. The van der Waals surface area contributed by atoms with Crippen molar-refractivity contribution in [3.8, 4) is 0 Å². The van der Waals surface area contributed by atoms with Crippen molar-refractivity contribution in [2.24, 2.45) is 0 Å². The van der Waals surface area contributed by atoms with E-state index in [0.29, 0.717) is 12.5 Å². The Hall–Kier alpha value is -2.42. The molecule has 7 nitrogen and oxygen atoms in total. The Morgan fingerprint density at radius 2 is 1.85 bits per heavy atom. The SMILES string of the molecule is O=C1c2ccccc2S(=O)(=O)N1CCCC[N+]1(N2CCCc3ccccc32)CCC2CC1O2. The smallest absolute Gasteiger partial charge is 0.269 e. The Balaban J connectivity index is 1.19. The van der Waals surface area contributed by atoms with Crippen LogP contribution in [0.25, 0.3) is 0 Å². The normalized spacial score (nSPS) is 29.4. The first kappa shape index (κ1) is 21.1. The van der Waals surface area contributed by atoms with Crippen LogP contribution in [-0.4, -0.2) is 61.7 Å². The van der Waals surface area contributed by atoms with Crippen LogP contribution in [0.2, 0.25) is 0 Å². The van der Waals surface area contributed by atoms with Crippen molar-refractivity contribution in [1.82, 2.24) is 4.31 Å². The van der Waals surface area contributed by atoms with Crippen LogP contribution in [-0.2, 0) is 21.2 Å². The lowest BCUT2D eigenvalue weighted by Gasteiger charge is -2.60. The molecule has 2 aromatic carbocycles. The summed E-state index contributed by atoms with van der Waals surface area (Å²) >= 11 is 0. The predicted molar refractivity (Wildman–Crippen MR) is 124 cm³/mol. The monoisotopic (exact) mass is 468 g/mol. The molecule has 7 rings (SSSR count). The summed E-state index contributed by atoms with van der Waals surface area (Å²) in [5, 5.41) is 2.55. The van der Waals surface area contributed by atoms with Gasteiger partial charge in [-0.05, 0) is 43.0 Å². The molecule has 0 aromatic heterocycles. The van der Waals surface area contributed by atoms with Gasteiger partial charge in [0.2, 0.25) is 6.23 Å². The first-order valence-electron chi connectivity index (χ1n) is 12.0. The number of sulfonamides is 1. The molecular weight excluding hydrogens is 438 g/mol. The maximum Gasteiger partial charge on any atom is 0.269 e. The van der Waals surface area contributed by atoms with Crippen LogP contribution in [0, 0.1) is 0 Å². The summed E-state index contributed by atoms with van der Waals surface area (Å²) < 4.78 is 33.9. The molecule has 0 saturated carbocycles. The Bertz CT molecular complexity index is 1190. The number of carbonyl (C=O) groups excluding carboxylic acids is 1. The average Bonchev–Trinajstić information content (AvgIpc) is 3.01. The van der Waals surface area contributed by atoms with Gasteiger partial charge in [-0.2, -0.15) is 4.59 Å². The fraction of sp³-hybridized carbons (Fsp3) is 0.480. The minimum Gasteiger partial charge on any atom is -0.323 e. The molecule has 3 fully saturated rings.